The average molecular weight is 309 g/mol. The maximum atomic E-state index is 11.0. The van der Waals surface area contributed by atoms with E-state index in [-0.39, 0.29) is 5.69 Å². The third-order valence-electron chi connectivity index (χ3n) is 3.41. The number of rotatable bonds is 4. The number of aryl methyl sites for hydroxylation is 2. The van der Waals surface area contributed by atoms with Gasteiger partial charge in [0.1, 0.15) is 5.69 Å². The Balaban J connectivity index is 1.76. The summed E-state index contributed by atoms with van der Waals surface area (Å²) in [6.45, 7) is 0.611. The number of anilines is 1. The quantitative estimate of drug-likeness (QED) is 0.672. The van der Waals surface area contributed by atoms with Crippen molar-refractivity contribution in [1.29, 1.82) is 0 Å². The molecule has 3 rings (SSSR count). The van der Waals surface area contributed by atoms with E-state index in [9.17, 15) is 10.1 Å². The molecule has 1 aromatic heterocycles. The first-order valence-corrected chi connectivity index (χ1v) is 7.61. The fourth-order valence-corrected chi connectivity index (χ4v) is 3.83. The number of nitrogens with one attached hydrogen (secondary N) is 1. The highest BCUT2D eigenvalue weighted by Gasteiger charge is 2.17. The van der Waals surface area contributed by atoms with Gasteiger partial charge in [0.05, 0.1) is 4.92 Å². The lowest BCUT2D eigenvalue weighted by atomic mass is 10.2. The number of thiophene rings is 1. The molecule has 0 aliphatic heterocycles. The van der Waals surface area contributed by atoms with Crippen LogP contribution in [-0.2, 0) is 19.4 Å². The molecule has 0 amide bonds. The van der Waals surface area contributed by atoms with Crippen LogP contribution in [0.1, 0.15) is 21.7 Å². The van der Waals surface area contributed by atoms with Crippen LogP contribution in [0.15, 0.2) is 24.3 Å². The molecule has 1 aromatic carbocycles. The van der Waals surface area contributed by atoms with Crippen LogP contribution in [0.4, 0.5) is 11.4 Å². The lowest BCUT2D eigenvalue weighted by molar-refractivity contribution is -0.383. The van der Waals surface area contributed by atoms with Gasteiger partial charge in [0.15, 0.2) is 0 Å². The standard InChI is InChI=1S/C14H13ClN2O2S/c15-10-4-5-12(13(7-10)17(18)19)16-8-11-6-9-2-1-3-14(9)20-11/h4-7,16H,1-3,8H2. The lowest BCUT2D eigenvalue weighted by Crippen LogP contribution is -2.01. The van der Waals surface area contributed by atoms with Crippen molar-refractivity contribution in [2.75, 3.05) is 5.32 Å². The van der Waals surface area contributed by atoms with Gasteiger partial charge in [-0.2, -0.15) is 0 Å². The van der Waals surface area contributed by atoms with Crippen LogP contribution >= 0.6 is 22.9 Å². The Labute approximate surface area is 125 Å². The molecular formula is C14H13ClN2O2S. The van der Waals surface area contributed by atoms with Crippen molar-refractivity contribution in [3.05, 3.63) is 54.7 Å². The lowest BCUT2D eigenvalue weighted by Gasteiger charge is -2.06. The van der Waals surface area contributed by atoms with Crippen molar-refractivity contribution in [2.45, 2.75) is 25.8 Å². The maximum Gasteiger partial charge on any atom is 0.293 e. The zero-order valence-electron chi connectivity index (χ0n) is 10.7. The normalized spacial score (nSPS) is 13.2. The third kappa shape index (κ3) is 2.64. The molecule has 2 aromatic rings. The van der Waals surface area contributed by atoms with Crippen LogP contribution < -0.4 is 5.32 Å². The van der Waals surface area contributed by atoms with Crippen molar-refractivity contribution >= 4 is 34.3 Å². The molecule has 0 bridgehead atoms. The Bertz CT molecular complexity index is 648. The second-order valence-electron chi connectivity index (χ2n) is 4.79. The first-order valence-electron chi connectivity index (χ1n) is 6.42. The molecule has 4 nitrogen and oxygen atoms in total. The average Bonchev–Trinajstić information content (AvgIpc) is 2.97. The van der Waals surface area contributed by atoms with E-state index >= 15 is 0 Å². The smallest absolute Gasteiger partial charge is 0.293 e. The van der Waals surface area contributed by atoms with E-state index in [0.29, 0.717) is 17.3 Å². The Hall–Kier alpha value is -1.59. The second-order valence-corrected chi connectivity index (χ2v) is 6.44. The molecule has 1 N–H and O–H groups in total. The molecule has 0 unspecified atom stereocenters. The molecule has 1 aliphatic carbocycles. The zero-order chi connectivity index (χ0) is 14.1. The van der Waals surface area contributed by atoms with Crippen LogP contribution in [0, 0.1) is 10.1 Å². The monoisotopic (exact) mass is 308 g/mol. The largest absolute Gasteiger partial charge is 0.375 e. The number of hydrogen-bond donors (Lipinski definition) is 1. The molecule has 1 aliphatic rings. The van der Waals surface area contributed by atoms with Gasteiger partial charge in [-0.1, -0.05) is 11.6 Å². The van der Waals surface area contributed by atoms with Crippen LogP contribution in [0.25, 0.3) is 0 Å². The summed E-state index contributed by atoms with van der Waals surface area (Å²) >= 11 is 7.60. The van der Waals surface area contributed by atoms with E-state index in [1.165, 1.54) is 34.2 Å². The van der Waals surface area contributed by atoms with Crippen LogP contribution in [0.5, 0.6) is 0 Å². The fourth-order valence-electron chi connectivity index (χ4n) is 2.47. The van der Waals surface area contributed by atoms with Gasteiger partial charge in [-0.15, -0.1) is 11.3 Å². The van der Waals surface area contributed by atoms with E-state index < -0.39 is 4.92 Å². The number of fused-ring (bicyclic) bond motifs is 1. The summed E-state index contributed by atoms with van der Waals surface area (Å²) in [7, 11) is 0. The van der Waals surface area contributed by atoms with Gasteiger partial charge in [0.25, 0.3) is 5.69 Å². The molecule has 104 valence electrons. The summed E-state index contributed by atoms with van der Waals surface area (Å²) in [6, 6.07) is 6.90. The van der Waals surface area contributed by atoms with E-state index in [2.05, 4.69) is 11.4 Å². The van der Waals surface area contributed by atoms with E-state index in [1.54, 1.807) is 23.5 Å². The fraction of sp³-hybridized carbons (Fsp3) is 0.286. The van der Waals surface area contributed by atoms with E-state index in [4.69, 9.17) is 11.6 Å². The number of benzene rings is 1. The Morgan fingerprint density at radius 3 is 2.95 bits per heavy atom. The van der Waals surface area contributed by atoms with Crippen molar-refractivity contribution < 1.29 is 4.92 Å². The minimum Gasteiger partial charge on any atom is -0.375 e. The summed E-state index contributed by atoms with van der Waals surface area (Å²) in [5.74, 6) is 0. The topological polar surface area (TPSA) is 55.2 Å². The molecule has 0 spiro atoms. The Morgan fingerprint density at radius 1 is 1.35 bits per heavy atom. The molecule has 0 saturated carbocycles. The number of nitro benzene ring substituents is 1. The molecule has 6 heteroatoms. The zero-order valence-corrected chi connectivity index (χ0v) is 12.3. The molecule has 1 heterocycles. The van der Waals surface area contributed by atoms with Gasteiger partial charge in [-0.3, -0.25) is 10.1 Å². The summed E-state index contributed by atoms with van der Waals surface area (Å²) in [5.41, 5.74) is 1.96. The SMILES string of the molecule is O=[N+]([O-])c1cc(Cl)ccc1NCc1cc2c(s1)CCC2. The molecule has 0 saturated heterocycles. The highest BCUT2D eigenvalue weighted by atomic mass is 35.5. The molecule has 0 fully saturated rings. The summed E-state index contributed by atoms with van der Waals surface area (Å²) in [6.07, 6.45) is 3.57. The highest BCUT2D eigenvalue weighted by molar-refractivity contribution is 7.12. The Morgan fingerprint density at radius 2 is 2.20 bits per heavy atom. The van der Waals surface area contributed by atoms with E-state index in [1.807, 2.05) is 0 Å². The van der Waals surface area contributed by atoms with Crippen LogP contribution in [-0.4, -0.2) is 4.92 Å². The van der Waals surface area contributed by atoms with Gasteiger partial charge in [0.2, 0.25) is 0 Å². The summed E-state index contributed by atoms with van der Waals surface area (Å²) in [4.78, 5) is 13.3. The molecule has 20 heavy (non-hydrogen) atoms. The molecule has 0 radical (unpaired) electrons. The van der Waals surface area contributed by atoms with Crippen LogP contribution in [0.2, 0.25) is 5.02 Å². The summed E-state index contributed by atoms with van der Waals surface area (Å²) < 4.78 is 0. The number of nitro groups is 1. The third-order valence-corrected chi connectivity index (χ3v) is 4.88. The predicted octanol–water partition coefficient (Wildman–Crippen LogP) is 4.41. The van der Waals surface area contributed by atoms with Gasteiger partial charge in [0, 0.05) is 27.4 Å². The minimum absolute atomic E-state index is 0.0154. The van der Waals surface area contributed by atoms with Gasteiger partial charge in [-0.05, 0) is 43.0 Å². The Kier molecular flexibility index (Phi) is 3.63. The van der Waals surface area contributed by atoms with Gasteiger partial charge in [-0.25, -0.2) is 0 Å². The van der Waals surface area contributed by atoms with Gasteiger partial charge >= 0.3 is 0 Å². The second kappa shape index (κ2) is 5.42. The first-order chi connectivity index (χ1) is 9.63. The van der Waals surface area contributed by atoms with Crippen molar-refractivity contribution in [3.63, 3.8) is 0 Å². The van der Waals surface area contributed by atoms with Gasteiger partial charge < -0.3 is 5.32 Å². The number of nitrogens with zero attached hydrogens (tertiary/aromatic N) is 1. The summed E-state index contributed by atoms with van der Waals surface area (Å²) in [5, 5.41) is 14.5. The van der Waals surface area contributed by atoms with E-state index in [0.717, 1.165) is 6.42 Å². The van der Waals surface area contributed by atoms with Crippen molar-refractivity contribution in [3.8, 4) is 0 Å². The molecule has 0 atom stereocenters. The number of halogens is 1. The predicted molar refractivity (Wildman–Crippen MR) is 81.8 cm³/mol. The van der Waals surface area contributed by atoms with Crippen LogP contribution in [0.3, 0.4) is 0 Å². The van der Waals surface area contributed by atoms with Crippen molar-refractivity contribution in [1.82, 2.24) is 0 Å². The first kappa shape index (κ1) is 13.4. The molecular weight excluding hydrogens is 296 g/mol. The maximum absolute atomic E-state index is 11.0. The van der Waals surface area contributed by atoms with Crippen molar-refractivity contribution in [2.24, 2.45) is 0 Å². The minimum atomic E-state index is -0.414. The number of hydrogen-bond acceptors (Lipinski definition) is 4. The highest BCUT2D eigenvalue weighted by Crippen LogP contribution is 2.32.